The van der Waals surface area contributed by atoms with Gasteiger partial charge >= 0.3 is 0 Å². The van der Waals surface area contributed by atoms with Gasteiger partial charge in [-0.1, -0.05) is 12.1 Å². The number of anilines is 2. The summed E-state index contributed by atoms with van der Waals surface area (Å²) in [5.41, 5.74) is 8.10. The third-order valence-corrected chi connectivity index (χ3v) is 7.19. The molecule has 0 atom stereocenters. The minimum absolute atomic E-state index is 0.111. The van der Waals surface area contributed by atoms with E-state index in [0.29, 0.717) is 51.0 Å². The van der Waals surface area contributed by atoms with E-state index in [2.05, 4.69) is 25.6 Å². The molecule has 230 valence electrons. The molecule has 0 fully saturated rings. The van der Waals surface area contributed by atoms with Gasteiger partial charge in [-0.25, -0.2) is 14.4 Å². The summed E-state index contributed by atoms with van der Waals surface area (Å²) in [6.45, 7) is 0.137. The Balaban J connectivity index is 1.14. The molecule has 6 rings (SSSR count). The van der Waals surface area contributed by atoms with Gasteiger partial charge in [-0.05, 0) is 71.4 Å². The van der Waals surface area contributed by atoms with Crippen LogP contribution in [0.25, 0.3) is 21.7 Å². The van der Waals surface area contributed by atoms with E-state index in [-0.39, 0.29) is 23.7 Å². The quantitative estimate of drug-likeness (QED) is 0.169. The van der Waals surface area contributed by atoms with Crippen LogP contribution in [0, 0.1) is 5.82 Å². The fraction of sp³-hybridized carbons (Fsp3) is 0.0882. The predicted octanol–water partition coefficient (Wildman–Crippen LogP) is 5.89. The molecule has 2 amide bonds. The van der Waals surface area contributed by atoms with Crippen LogP contribution in [0.4, 0.5) is 15.8 Å². The van der Waals surface area contributed by atoms with E-state index in [4.69, 9.17) is 19.9 Å². The molecule has 0 saturated heterocycles. The van der Waals surface area contributed by atoms with Crippen molar-refractivity contribution in [3.63, 3.8) is 0 Å². The van der Waals surface area contributed by atoms with Crippen molar-refractivity contribution in [1.29, 1.82) is 0 Å². The molecule has 0 spiro atoms. The molecule has 2 aromatic heterocycles. The maximum atomic E-state index is 13.3. The fourth-order valence-corrected chi connectivity index (χ4v) is 4.85. The lowest BCUT2D eigenvalue weighted by Crippen LogP contribution is -2.23. The molecule has 6 aromatic rings. The Labute approximate surface area is 262 Å². The Morgan fingerprint density at radius 3 is 2.43 bits per heavy atom. The van der Waals surface area contributed by atoms with Crippen molar-refractivity contribution in [3.8, 4) is 23.1 Å². The van der Waals surface area contributed by atoms with Crippen LogP contribution in [-0.4, -0.2) is 41.0 Å². The zero-order valence-electron chi connectivity index (χ0n) is 24.7. The number of nitrogens with one attached hydrogen (secondary N) is 2. The molecule has 0 aliphatic heterocycles. The standard InChI is InChI=1S/C34H27FN6O5/c1-44-30-14-26-29(15-31(30)45-2)39-18-40-34(26)46-23-9-10-24-19(12-23)4-3-5-25(24)33(43)38-17-22-8-6-20(16-37-22)32(42)41-28-11-7-21(35)13-27(28)36/h3-16,18H,17,36H2,1-2H3,(H,38,43)(H,41,42). The number of halogens is 1. The first kappa shape index (κ1) is 29.8. The van der Waals surface area contributed by atoms with Gasteiger partial charge in [0.2, 0.25) is 5.88 Å². The van der Waals surface area contributed by atoms with E-state index < -0.39 is 11.7 Å². The van der Waals surface area contributed by atoms with E-state index in [1.165, 1.54) is 24.7 Å². The number of amides is 2. The number of nitrogens with zero attached hydrogens (tertiary/aromatic N) is 3. The summed E-state index contributed by atoms with van der Waals surface area (Å²) >= 11 is 0. The molecular weight excluding hydrogens is 591 g/mol. The summed E-state index contributed by atoms with van der Waals surface area (Å²) < 4.78 is 30.2. The molecule has 46 heavy (non-hydrogen) atoms. The van der Waals surface area contributed by atoms with Gasteiger partial charge in [0.15, 0.2) is 11.5 Å². The van der Waals surface area contributed by atoms with Gasteiger partial charge in [-0.2, -0.15) is 0 Å². The van der Waals surface area contributed by atoms with Gasteiger partial charge in [0, 0.05) is 17.8 Å². The minimum Gasteiger partial charge on any atom is -0.493 e. The second kappa shape index (κ2) is 12.7. The van der Waals surface area contributed by atoms with Gasteiger partial charge in [-0.3, -0.25) is 14.6 Å². The number of rotatable bonds is 9. The molecular formula is C34H27FN6O5. The number of methoxy groups -OCH3 is 2. The van der Waals surface area contributed by atoms with Gasteiger partial charge < -0.3 is 30.6 Å². The monoisotopic (exact) mass is 618 g/mol. The molecule has 2 heterocycles. The van der Waals surface area contributed by atoms with Crippen LogP contribution in [0.1, 0.15) is 26.4 Å². The third kappa shape index (κ3) is 6.17. The van der Waals surface area contributed by atoms with Gasteiger partial charge in [0.25, 0.3) is 11.8 Å². The molecule has 0 aliphatic rings. The van der Waals surface area contributed by atoms with Crippen LogP contribution in [0.15, 0.2) is 91.4 Å². The molecule has 0 radical (unpaired) electrons. The Bertz CT molecular complexity index is 2110. The maximum Gasteiger partial charge on any atom is 0.257 e. The molecule has 12 heteroatoms. The van der Waals surface area contributed by atoms with Crippen LogP contribution in [-0.2, 0) is 6.54 Å². The van der Waals surface area contributed by atoms with Crippen molar-refractivity contribution in [2.24, 2.45) is 0 Å². The van der Waals surface area contributed by atoms with Crippen molar-refractivity contribution >= 4 is 44.9 Å². The number of benzene rings is 4. The van der Waals surface area contributed by atoms with Crippen LogP contribution in [0.5, 0.6) is 23.1 Å². The predicted molar refractivity (Wildman–Crippen MR) is 171 cm³/mol. The zero-order valence-corrected chi connectivity index (χ0v) is 24.7. The summed E-state index contributed by atoms with van der Waals surface area (Å²) in [5.74, 6) is 0.687. The lowest BCUT2D eigenvalue weighted by Gasteiger charge is -2.12. The third-order valence-electron chi connectivity index (χ3n) is 7.19. The van der Waals surface area contributed by atoms with E-state index in [0.717, 1.165) is 16.8 Å². The van der Waals surface area contributed by atoms with Crippen LogP contribution < -0.4 is 30.6 Å². The molecule has 0 aliphatic carbocycles. The van der Waals surface area contributed by atoms with Gasteiger partial charge in [0.1, 0.15) is 17.9 Å². The highest BCUT2D eigenvalue weighted by atomic mass is 19.1. The normalized spacial score (nSPS) is 10.8. The number of carbonyl (C=O) groups is 2. The average molecular weight is 619 g/mol. The number of carbonyl (C=O) groups excluding carboxylic acids is 2. The van der Waals surface area contributed by atoms with Crippen LogP contribution in [0.3, 0.4) is 0 Å². The molecule has 4 N–H and O–H groups in total. The summed E-state index contributed by atoms with van der Waals surface area (Å²) in [4.78, 5) is 38.7. The molecule has 11 nitrogen and oxygen atoms in total. The first-order valence-corrected chi connectivity index (χ1v) is 14.0. The number of fused-ring (bicyclic) bond motifs is 2. The first-order valence-electron chi connectivity index (χ1n) is 14.0. The maximum absolute atomic E-state index is 13.3. The van der Waals surface area contributed by atoms with Gasteiger partial charge in [-0.15, -0.1) is 0 Å². The highest BCUT2D eigenvalue weighted by Gasteiger charge is 2.15. The van der Waals surface area contributed by atoms with Crippen LogP contribution >= 0.6 is 0 Å². The van der Waals surface area contributed by atoms with Crippen molar-refractivity contribution in [1.82, 2.24) is 20.3 Å². The van der Waals surface area contributed by atoms with E-state index in [1.807, 2.05) is 18.2 Å². The first-order chi connectivity index (χ1) is 22.3. The van der Waals surface area contributed by atoms with Gasteiger partial charge in [0.05, 0.1) is 54.3 Å². The highest BCUT2D eigenvalue weighted by Crippen LogP contribution is 2.36. The Hall–Kier alpha value is -6.30. The average Bonchev–Trinajstić information content (AvgIpc) is 3.07. The second-order valence-electron chi connectivity index (χ2n) is 10.1. The summed E-state index contributed by atoms with van der Waals surface area (Å²) in [6.07, 6.45) is 2.80. The van der Waals surface area contributed by atoms with Crippen molar-refractivity contribution in [2.75, 3.05) is 25.3 Å². The summed E-state index contributed by atoms with van der Waals surface area (Å²) in [6, 6.07) is 21.2. The molecule has 0 unspecified atom stereocenters. The number of nitrogens with two attached hydrogens (primary N) is 1. The van der Waals surface area contributed by atoms with Crippen molar-refractivity contribution in [3.05, 3.63) is 114 Å². The van der Waals surface area contributed by atoms with E-state index >= 15 is 0 Å². The van der Waals surface area contributed by atoms with Crippen molar-refractivity contribution in [2.45, 2.75) is 6.54 Å². The smallest absolute Gasteiger partial charge is 0.257 e. The topological polar surface area (TPSA) is 151 Å². The Morgan fingerprint density at radius 2 is 1.67 bits per heavy atom. The van der Waals surface area contributed by atoms with E-state index in [9.17, 15) is 14.0 Å². The number of aromatic nitrogens is 3. The van der Waals surface area contributed by atoms with E-state index in [1.54, 1.807) is 56.7 Å². The summed E-state index contributed by atoms with van der Waals surface area (Å²) in [7, 11) is 3.10. The summed E-state index contributed by atoms with van der Waals surface area (Å²) in [5, 5.41) is 7.67. The highest BCUT2D eigenvalue weighted by molar-refractivity contribution is 6.07. The second-order valence-corrected chi connectivity index (χ2v) is 10.1. The lowest BCUT2D eigenvalue weighted by atomic mass is 10.0. The fourth-order valence-electron chi connectivity index (χ4n) is 4.85. The van der Waals surface area contributed by atoms with Crippen LogP contribution in [0.2, 0.25) is 0 Å². The lowest BCUT2D eigenvalue weighted by molar-refractivity contribution is 0.0950. The molecule has 0 saturated carbocycles. The molecule has 0 bridgehead atoms. The SMILES string of the molecule is COc1cc2ncnc(Oc3ccc4c(C(=O)NCc5ccc(C(=O)Nc6ccc(F)cc6N)cn5)cccc4c3)c2cc1OC. The number of ether oxygens (including phenoxy) is 3. The zero-order chi connectivity index (χ0) is 32.2. The number of hydrogen-bond donors (Lipinski definition) is 3. The Morgan fingerprint density at radius 1 is 0.848 bits per heavy atom. The molecule has 4 aromatic carbocycles. The number of pyridine rings is 1. The largest absolute Gasteiger partial charge is 0.493 e. The minimum atomic E-state index is -0.498. The number of nitrogen functional groups attached to an aromatic ring is 1. The Kier molecular flexibility index (Phi) is 8.24. The van der Waals surface area contributed by atoms with Crippen molar-refractivity contribution < 1.29 is 28.2 Å². The number of hydrogen-bond acceptors (Lipinski definition) is 9.